The zero-order valence-electron chi connectivity index (χ0n) is 9.57. The average Bonchev–Trinajstić information content (AvgIpc) is 2.79. The molecule has 0 saturated carbocycles. The highest BCUT2D eigenvalue weighted by Gasteiger charge is 2.16. The van der Waals surface area contributed by atoms with Crippen LogP contribution in [0.3, 0.4) is 0 Å². The monoisotopic (exact) mass is 309 g/mol. The molecule has 0 unspecified atom stereocenters. The zero-order chi connectivity index (χ0) is 12.5. The van der Waals surface area contributed by atoms with Crippen molar-refractivity contribution in [2.75, 3.05) is 13.2 Å². The molecule has 3 N–H and O–H groups in total. The van der Waals surface area contributed by atoms with Gasteiger partial charge in [0, 0.05) is 12.1 Å². The SMILES string of the molecule is NCc1[nH]nc(-c2ccc3c(c2)OCCO3)c1Br. The summed E-state index contributed by atoms with van der Waals surface area (Å²) in [5.41, 5.74) is 8.27. The van der Waals surface area contributed by atoms with Crippen molar-refractivity contribution in [2.45, 2.75) is 6.54 Å². The van der Waals surface area contributed by atoms with E-state index in [-0.39, 0.29) is 0 Å². The van der Waals surface area contributed by atoms with Crippen molar-refractivity contribution in [1.29, 1.82) is 0 Å². The Morgan fingerprint density at radius 1 is 1.28 bits per heavy atom. The van der Waals surface area contributed by atoms with Gasteiger partial charge in [0.15, 0.2) is 11.5 Å². The molecule has 0 spiro atoms. The minimum Gasteiger partial charge on any atom is -0.486 e. The molecular formula is C12H12BrN3O2. The molecule has 5 nitrogen and oxygen atoms in total. The first kappa shape index (κ1) is 11.6. The van der Waals surface area contributed by atoms with Crippen molar-refractivity contribution in [3.05, 3.63) is 28.4 Å². The summed E-state index contributed by atoms with van der Waals surface area (Å²) in [6.45, 7) is 1.58. The summed E-state index contributed by atoms with van der Waals surface area (Å²) in [6, 6.07) is 5.78. The lowest BCUT2D eigenvalue weighted by atomic mass is 10.1. The van der Waals surface area contributed by atoms with Crippen LogP contribution in [0, 0.1) is 0 Å². The number of nitrogens with one attached hydrogen (secondary N) is 1. The lowest BCUT2D eigenvalue weighted by Gasteiger charge is -2.18. The number of fused-ring (bicyclic) bond motifs is 1. The molecule has 1 aromatic carbocycles. The quantitative estimate of drug-likeness (QED) is 0.890. The largest absolute Gasteiger partial charge is 0.486 e. The molecule has 18 heavy (non-hydrogen) atoms. The van der Waals surface area contributed by atoms with Gasteiger partial charge in [0.05, 0.1) is 10.2 Å². The van der Waals surface area contributed by atoms with Crippen LogP contribution in [0.5, 0.6) is 11.5 Å². The molecule has 1 aliphatic heterocycles. The maximum absolute atomic E-state index is 5.61. The number of halogens is 1. The van der Waals surface area contributed by atoms with Gasteiger partial charge in [-0.05, 0) is 34.1 Å². The van der Waals surface area contributed by atoms with Crippen molar-refractivity contribution in [2.24, 2.45) is 5.73 Å². The lowest BCUT2D eigenvalue weighted by Crippen LogP contribution is -2.15. The van der Waals surface area contributed by atoms with Gasteiger partial charge in [-0.15, -0.1) is 0 Å². The molecule has 0 saturated heterocycles. The zero-order valence-corrected chi connectivity index (χ0v) is 11.2. The molecule has 94 valence electrons. The smallest absolute Gasteiger partial charge is 0.162 e. The van der Waals surface area contributed by atoms with Gasteiger partial charge in [-0.25, -0.2) is 0 Å². The number of rotatable bonds is 2. The average molecular weight is 310 g/mol. The van der Waals surface area contributed by atoms with Gasteiger partial charge in [-0.1, -0.05) is 0 Å². The Kier molecular flexibility index (Phi) is 2.97. The fourth-order valence-corrected chi connectivity index (χ4v) is 2.45. The lowest BCUT2D eigenvalue weighted by molar-refractivity contribution is 0.171. The Morgan fingerprint density at radius 2 is 2.06 bits per heavy atom. The van der Waals surface area contributed by atoms with Crippen LogP contribution in [-0.2, 0) is 6.54 Å². The van der Waals surface area contributed by atoms with Crippen molar-refractivity contribution in [3.63, 3.8) is 0 Å². The molecule has 2 heterocycles. The van der Waals surface area contributed by atoms with Gasteiger partial charge < -0.3 is 15.2 Å². The van der Waals surface area contributed by atoms with Gasteiger partial charge in [0.25, 0.3) is 0 Å². The van der Waals surface area contributed by atoms with Crippen molar-refractivity contribution >= 4 is 15.9 Å². The number of hydrogen-bond acceptors (Lipinski definition) is 4. The third-order valence-electron chi connectivity index (χ3n) is 2.80. The molecule has 3 rings (SSSR count). The number of H-pyrrole nitrogens is 1. The van der Waals surface area contributed by atoms with Gasteiger partial charge in [0.2, 0.25) is 0 Å². The number of nitrogens with two attached hydrogens (primary N) is 1. The fraction of sp³-hybridized carbons (Fsp3) is 0.250. The van der Waals surface area contributed by atoms with Crippen LogP contribution in [-0.4, -0.2) is 23.4 Å². The number of hydrogen-bond donors (Lipinski definition) is 2. The molecule has 0 amide bonds. The van der Waals surface area contributed by atoms with E-state index in [0.29, 0.717) is 19.8 Å². The summed E-state index contributed by atoms with van der Waals surface area (Å²) < 4.78 is 11.9. The van der Waals surface area contributed by atoms with E-state index in [9.17, 15) is 0 Å². The van der Waals surface area contributed by atoms with Crippen LogP contribution < -0.4 is 15.2 Å². The Bertz CT molecular complexity index is 583. The summed E-state index contributed by atoms with van der Waals surface area (Å²) in [7, 11) is 0. The highest BCUT2D eigenvalue weighted by atomic mass is 79.9. The first-order valence-electron chi connectivity index (χ1n) is 5.62. The highest BCUT2D eigenvalue weighted by molar-refractivity contribution is 9.10. The van der Waals surface area contributed by atoms with Gasteiger partial charge in [-0.3, -0.25) is 5.10 Å². The standard InChI is InChI=1S/C12H12BrN3O2/c13-11-8(6-14)15-16-12(11)7-1-2-9-10(5-7)18-4-3-17-9/h1-2,5H,3-4,6,14H2,(H,15,16). The van der Waals surface area contributed by atoms with Crippen LogP contribution in [0.1, 0.15) is 5.69 Å². The summed E-state index contributed by atoms with van der Waals surface area (Å²) in [6.07, 6.45) is 0. The van der Waals surface area contributed by atoms with Gasteiger partial charge in [0.1, 0.15) is 18.9 Å². The topological polar surface area (TPSA) is 73.2 Å². The number of benzene rings is 1. The van der Waals surface area contributed by atoms with E-state index in [1.54, 1.807) is 0 Å². The molecule has 0 radical (unpaired) electrons. The van der Waals surface area contributed by atoms with Crippen LogP contribution in [0.15, 0.2) is 22.7 Å². The van der Waals surface area contributed by atoms with Crippen molar-refractivity contribution in [3.8, 4) is 22.8 Å². The summed E-state index contributed by atoms with van der Waals surface area (Å²) >= 11 is 3.50. The minimum atomic E-state index is 0.415. The number of aromatic amines is 1. The van der Waals surface area contributed by atoms with E-state index in [2.05, 4.69) is 26.1 Å². The predicted molar refractivity (Wildman–Crippen MR) is 70.6 cm³/mol. The Hall–Kier alpha value is -1.53. The first-order chi connectivity index (χ1) is 8.79. The Balaban J connectivity index is 2.03. The van der Waals surface area contributed by atoms with Crippen molar-refractivity contribution in [1.82, 2.24) is 10.2 Å². The molecule has 1 aliphatic rings. The second-order valence-electron chi connectivity index (χ2n) is 3.93. The van der Waals surface area contributed by atoms with E-state index in [1.807, 2.05) is 18.2 Å². The number of ether oxygens (including phenoxy) is 2. The second kappa shape index (κ2) is 4.62. The number of nitrogens with zero attached hydrogens (tertiary/aromatic N) is 1. The molecule has 6 heteroatoms. The Morgan fingerprint density at radius 3 is 2.78 bits per heavy atom. The molecule has 0 aliphatic carbocycles. The molecular weight excluding hydrogens is 298 g/mol. The summed E-state index contributed by atoms with van der Waals surface area (Å²) in [5, 5.41) is 7.17. The normalized spacial score (nSPS) is 13.7. The fourth-order valence-electron chi connectivity index (χ4n) is 1.88. The van der Waals surface area contributed by atoms with Gasteiger partial charge in [-0.2, -0.15) is 5.10 Å². The third kappa shape index (κ3) is 1.87. The molecule has 1 aromatic heterocycles. The van der Waals surface area contributed by atoms with Gasteiger partial charge >= 0.3 is 0 Å². The molecule has 0 bridgehead atoms. The predicted octanol–water partition coefficient (Wildman–Crippen LogP) is 2.07. The van der Waals surface area contributed by atoms with E-state index < -0.39 is 0 Å². The van der Waals surface area contributed by atoms with E-state index >= 15 is 0 Å². The summed E-state index contributed by atoms with van der Waals surface area (Å²) in [5.74, 6) is 1.53. The van der Waals surface area contributed by atoms with Crippen LogP contribution in [0.4, 0.5) is 0 Å². The van der Waals surface area contributed by atoms with E-state index in [0.717, 1.165) is 32.9 Å². The Labute approximate surface area is 112 Å². The molecule has 2 aromatic rings. The molecule has 0 atom stereocenters. The maximum atomic E-state index is 5.61. The van der Waals surface area contributed by atoms with E-state index in [1.165, 1.54) is 0 Å². The highest BCUT2D eigenvalue weighted by Crippen LogP contribution is 2.36. The third-order valence-corrected chi connectivity index (χ3v) is 3.65. The molecule has 0 fully saturated rings. The second-order valence-corrected chi connectivity index (χ2v) is 4.72. The minimum absolute atomic E-state index is 0.415. The maximum Gasteiger partial charge on any atom is 0.162 e. The van der Waals surface area contributed by atoms with Crippen molar-refractivity contribution < 1.29 is 9.47 Å². The number of aromatic nitrogens is 2. The summed E-state index contributed by atoms with van der Waals surface area (Å²) in [4.78, 5) is 0. The van der Waals surface area contributed by atoms with Crippen LogP contribution in [0.25, 0.3) is 11.3 Å². The van der Waals surface area contributed by atoms with Crippen LogP contribution >= 0.6 is 15.9 Å². The van der Waals surface area contributed by atoms with Crippen LogP contribution in [0.2, 0.25) is 0 Å². The van der Waals surface area contributed by atoms with E-state index in [4.69, 9.17) is 15.2 Å². The first-order valence-corrected chi connectivity index (χ1v) is 6.41.